The van der Waals surface area contributed by atoms with Gasteiger partial charge in [-0.05, 0) is 49.6 Å². The van der Waals surface area contributed by atoms with E-state index in [-0.39, 0.29) is 0 Å². The molecule has 2 saturated carbocycles. The zero-order chi connectivity index (χ0) is 12.2. The molecule has 2 heteroatoms. The van der Waals surface area contributed by atoms with Gasteiger partial charge in [0.1, 0.15) is 0 Å². The van der Waals surface area contributed by atoms with Gasteiger partial charge in [-0.1, -0.05) is 31.4 Å². The van der Waals surface area contributed by atoms with Crippen LogP contribution in [0, 0.1) is 11.3 Å². The molecule has 0 amide bonds. The van der Waals surface area contributed by atoms with Gasteiger partial charge in [0.05, 0.1) is 0 Å². The minimum absolute atomic E-state index is 0.426. The zero-order valence-corrected chi connectivity index (χ0v) is 10.3. The fourth-order valence-corrected chi connectivity index (χ4v) is 2.83. The van der Waals surface area contributed by atoms with Gasteiger partial charge in [-0.25, -0.2) is 0 Å². The standard InChI is InChI=1S/C13H19N.CH5N/c1-3-4-5-10(2)13-7-6-12(14)8-11(13)9-13;1-2/h3-5,11-12H,1-2,6-9,14H2;2H2,1H3/b5-4-;. The van der Waals surface area contributed by atoms with E-state index in [1.807, 2.05) is 12.2 Å². The lowest BCUT2D eigenvalue weighted by Crippen LogP contribution is -2.28. The lowest BCUT2D eigenvalue weighted by molar-refractivity contribution is 0.354. The number of fused-ring (bicyclic) bond motifs is 1. The summed E-state index contributed by atoms with van der Waals surface area (Å²) in [6, 6.07) is 0.437. The Labute approximate surface area is 99.1 Å². The molecule has 2 nitrogen and oxygen atoms in total. The van der Waals surface area contributed by atoms with Crippen LogP contribution in [-0.4, -0.2) is 13.1 Å². The molecule has 4 N–H and O–H groups in total. The summed E-state index contributed by atoms with van der Waals surface area (Å²) in [6.07, 6.45) is 10.8. The number of hydrogen-bond donors (Lipinski definition) is 2. The Kier molecular flexibility index (Phi) is 4.51. The third kappa shape index (κ3) is 2.45. The Hall–Kier alpha value is -0.860. The van der Waals surface area contributed by atoms with Crippen molar-refractivity contribution in [1.82, 2.24) is 0 Å². The Morgan fingerprint density at radius 2 is 2.12 bits per heavy atom. The van der Waals surface area contributed by atoms with Gasteiger partial charge in [-0.15, -0.1) is 0 Å². The molecule has 0 bridgehead atoms. The van der Waals surface area contributed by atoms with Gasteiger partial charge in [0.15, 0.2) is 0 Å². The molecule has 0 heterocycles. The second-order valence-corrected chi connectivity index (χ2v) is 4.71. The molecule has 16 heavy (non-hydrogen) atoms. The average molecular weight is 220 g/mol. The molecule has 3 unspecified atom stereocenters. The van der Waals surface area contributed by atoms with Crippen molar-refractivity contribution in [3.8, 4) is 0 Å². The lowest BCUT2D eigenvalue weighted by Gasteiger charge is -2.26. The van der Waals surface area contributed by atoms with E-state index in [1.54, 1.807) is 0 Å². The Bertz CT molecular complexity index is 293. The molecule has 0 aromatic carbocycles. The highest BCUT2D eigenvalue weighted by Gasteiger charge is 2.56. The van der Waals surface area contributed by atoms with Crippen LogP contribution in [0.5, 0.6) is 0 Å². The quantitative estimate of drug-likeness (QED) is 0.717. The Morgan fingerprint density at radius 3 is 2.69 bits per heavy atom. The third-order valence-corrected chi connectivity index (χ3v) is 3.85. The second kappa shape index (κ2) is 5.46. The second-order valence-electron chi connectivity index (χ2n) is 4.71. The summed E-state index contributed by atoms with van der Waals surface area (Å²) < 4.78 is 0. The van der Waals surface area contributed by atoms with Crippen LogP contribution in [0.3, 0.4) is 0 Å². The molecule has 90 valence electrons. The first-order valence-corrected chi connectivity index (χ1v) is 6.01. The first-order valence-electron chi connectivity index (χ1n) is 6.01. The fourth-order valence-electron chi connectivity index (χ4n) is 2.83. The summed E-state index contributed by atoms with van der Waals surface area (Å²) in [7, 11) is 1.50. The molecule has 0 aromatic rings. The molecule has 0 aromatic heterocycles. The van der Waals surface area contributed by atoms with Gasteiger partial charge in [0.2, 0.25) is 0 Å². The summed E-state index contributed by atoms with van der Waals surface area (Å²) in [4.78, 5) is 0. The molecule has 0 radical (unpaired) electrons. The number of allylic oxidation sites excluding steroid dienone is 4. The van der Waals surface area contributed by atoms with E-state index >= 15 is 0 Å². The van der Waals surface area contributed by atoms with Crippen molar-refractivity contribution in [2.45, 2.75) is 31.7 Å². The van der Waals surface area contributed by atoms with E-state index in [0.29, 0.717) is 11.5 Å². The highest BCUT2D eigenvalue weighted by Crippen LogP contribution is 2.65. The minimum atomic E-state index is 0.426. The highest BCUT2D eigenvalue weighted by molar-refractivity contribution is 5.34. The molecule has 2 aliphatic rings. The first-order chi connectivity index (χ1) is 7.69. The predicted octanol–water partition coefficient (Wildman–Crippen LogP) is 2.38. The van der Waals surface area contributed by atoms with Gasteiger partial charge in [-0.3, -0.25) is 0 Å². The lowest BCUT2D eigenvalue weighted by atomic mass is 9.81. The van der Waals surface area contributed by atoms with Crippen LogP contribution in [0.15, 0.2) is 37.0 Å². The largest absolute Gasteiger partial charge is 0.333 e. The van der Waals surface area contributed by atoms with Gasteiger partial charge in [0, 0.05) is 6.04 Å². The van der Waals surface area contributed by atoms with E-state index in [2.05, 4.69) is 25.0 Å². The number of rotatable bonds is 3. The minimum Gasteiger partial charge on any atom is -0.333 e. The van der Waals surface area contributed by atoms with E-state index in [1.165, 1.54) is 31.9 Å². The Balaban J connectivity index is 0.000000606. The summed E-state index contributed by atoms with van der Waals surface area (Å²) in [5.41, 5.74) is 12.2. The maximum atomic E-state index is 5.95. The summed E-state index contributed by atoms with van der Waals surface area (Å²) in [5.74, 6) is 0.813. The normalized spacial score (nSPS) is 35.9. The molecule has 2 rings (SSSR count). The molecule has 2 fully saturated rings. The topological polar surface area (TPSA) is 52.0 Å². The van der Waals surface area contributed by atoms with Gasteiger partial charge in [-0.2, -0.15) is 0 Å². The van der Waals surface area contributed by atoms with Crippen molar-refractivity contribution in [2.24, 2.45) is 22.8 Å². The molecular weight excluding hydrogens is 196 g/mol. The van der Waals surface area contributed by atoms with Crippen LogP contribution in [0.1, 0.15) is 25.7 Å². The zero-order valence-electron chi connectivity index (χ0n) is 10.3. The molecule has 0 saturated heterocycles. The maximum Gasteiger partial charge on any atom is 0.00421 e. The van der Waals surface area contributed by atoms with E-state index < -0.39 is 0 Å². The first kappa shape index (κ1) is 13.2. The van der Waals surface area contributed by atoms with Gasteiger partial charge < -0.3 is 11.5 Å². The molecular formula is C14H24N2. The van der Waals surface area contributed by atoms with Crippen LogP contribution in [0.4, 0.5) is 0 Å². The van der Waals surface area contributed by atoms with Gasteiger partial charge in [0.25, 0.3) is 0 Å². The van der Waals surface area contributed by atoms with E-state index in [9.17, 15) is 0 Å². The van der Waals surface area contributed by atoms with E-state index in [0.717, 1.165) is 12.3 Å². The highest BCUT2D eigenvalue weighted by atomic mass is 14.7. The van der Waals surface area contributed by atoms with Crippen LogP contribution >= 0.6 is 0 Å². The molecule has 0 aliphatic heterocycles. The van der Waals surface area contributed by atoms with Crippen molar-refractivity contribution in [1.29, 1.82) is 0 Å². The van der Waals surface area contributed by atoms with Crippen molar-refractivity contribution in [3.63, 3.8) is 0 Å². The fraction of sp³-hybridized carbons (Fsp3) is 0.571. The smallest absolute Gasteiger partial charge is 0.00421 e. The van der Waals surface area contributed by atoms with Crippen molar-refractivity contribution >= 4 is 0 Å². The Morgan fingerprint density at radius 1 is 1.44 bits per heavy atom. The average Bonchev–Trinajstić information content (AvgIpc) is 3.03. The summed E-state index contributed by atoms with van der Waals surface area (Å²) >= 11 is 0. The summed E-state index contributed by atoms with van der Waals surface area (Å²) in [5, 5.41) is 0. The van der Waals surface area contributed by atoms with Crippen LogP contribution in [0.2, 0.25) is 0 Å². The molecule has 3 atom stereocenters. The van der Waals surface area contributed by atoms with Crippen LogP contribution in [-0.2, 0) is 0 Å². The van der Waals surface area contributed by atoms with Crippen molar-refractivity contribution in [3.05, 3.63) is 37.0 Å². The van der Waals surface area contributed by atoms with Crippen molar-refractivity contribution < 1.29 is 0 Å². The van der Waals surface area contributed by atoms with Gasteiger partial charge >= 0.3 is 0 Å². The van der Waals surface area contributed by atoms with Crippen LogP contribution < -0.4 is 11.5 Å². The number of nitrogens with two attached hydrogens (primary N) is 2. The van der Waals surface area contributed by atoms with Crippen LogP contribution in [0.25, 0.3) is 0 Å². The van der Waals surface area contributed by atoms with Crippen molar-refractivity contribution in [2.75, 3.05) is 7.05 Å². The third-order valence-electron chi connectivity index (χ3n) is 3.85. The number of hydrogen-bond acceptors (Lipinski definition) is 2. The molecule has 2 aliphatic carbocycles. The monoisotopic (exact) mass is 220 g/mol. The van der Waals surface area contributed by atoms with E-state index in [4.69, 9.17) is 5.73 Å². The summed E-state index contributed by atoms with van der Waals surface area (Å²) in [6.45, 7) is 7.86. The SMILES string of the molecule is C=C/C=C\C(=C)C12CCC(N)CC1C2.CN. The molecule has 0 spiro atoms. The maximum absolute atomic E-state index is 5.95. The predicted molar refractivity (Wildman–Crippen MR) is 71.0 cm³/mol.